The minimum Gasteiger partial charge on any atom is -0.492 e. The summed E-state index contributed by atoms with van der Waals surface area (Å²) in [4.78, 5) is 18.6. The second kappa shape index (κ2) is 8.44. The molecule has 6 heteroatoms. The molecule has 1 aliphatic carbocycles. The van der Waals surface area contributed by atoms with Gasteiger partial charge in [0.1, 0.15) is 5.75 Å². The molecule has 132 valence electrons. The van der Waals surface area contributed by atoms with Crippen molar-refractivity contribution in [2.45, 2.75) is 32.3 Å². The SMILES string of the molecule is CCOc1ccc(CC(=O)N2CCOC(COCC3CC3)C2)nc1. The first-order valence-corrected chi connectivity index (χ1v) is 8.79. The van der Waals surface area contributed by atoms with Gasteiger partial charge in [-0.3, -0.25) is 9.78 Å². The maximum Gasteiger partial charge on any atom is 0.228 e. The zero-order valence-corrected chi connectivity index (χ0v) is 14.3. The molecular formula is C18H26N2O4. The van der Waals surface area contributed by atoms with E-state index in [1.807, 2.05) is 24.0 Å². The van der Waals surface area contributed by atoms with Gasteiger partial charge in [-0.2, -0.15) is 0 Å². The van der Waals surface area contributed by atoms with Crippen LogP contribution < -0.4 is 4.74 Å². The number of aromatic nitrogens is 1. The van der Waals surface area contributed by atoms with Crippen molar-refractivity contribution < 1.29 is 19.0 Å². The molecule has 24 heavy (non-hydrogen) atoms. The van der Waals surface area contributed by atoms with Gasteiger partial charge in [-0.15, -0.1) is 0 Å². The molecule has 1 aromatic rings. The number of amides is 1. The molecule has 1 atom stereocenters. The average Bonchev–Trinajstić information content (AvgIpc) is 3.41. The Morgan fingerprint density at radius 3 is 2.96 bits per heavy atom. The highest BCUT2D eigenvalue weighted by Crippen LogP contribution is 2.28. The number of ether oxygens (including phenoxy) is 3. The van der Waals surface area contributed by atoms with Gasteiger partial charge in [0.2, 0.25) is 5.91 Å². The van der Waals surface area contributed by atoms with Crippen molar-refractivity contribution in [3.05, 3.63) is 24.0 Å². The van der Waals surface area contributed by atoms with E-state index in [1.54, 1.807) is 6.20 Å². The number of hydrogen-bond donors (Lipinski definition) is 0. The molecule has 2 aliphatic rings. The monoisotopic (exact) mass is 334 g/mol. The van der Waals surface area contributed by atoms with Crippen LogP contribution in [0.5, 0.6) is 5.75 Å². The third-order valence-corrected chi connectivity index (χ3v) is 4.29. The van der Waals surface area contributed by atoms with Crippen molar-refractivity contribution in [1.29, 1.82) is 0 Å². The molecule has 1 amide bonds. The summed E-state index contributed by atoms with van der Waals surface area (Å²) in [6, 6.07) is 3.70. The van der Waals surface area contributed by atoms with E-state index < -0.39 is 0 Å². The van der Waals surface area contributed by atoms with E-state index in [-0.39, 0.29) is 12.0 Å². The summed E-state index contributed by atoms with van der Waals surface area (Å²) in [6.45, 7) is 5.74. The van der Waals surface area contributed by atoms with Crippen molar-refractivity contribution in [3.63, 3.8) is 0 Å². The van der Waals surface area contributed by atoms with Crippen LogP contribution in [0.4, 0.5) is 0 Å². The molecule has 0 radical (unpaired) electrons. The Kier molecular flexibility index (Phi) is 6.04. The Morgan fingerprint density at radius 2 is 2.25 bits per heavy atom. The molecule has 3 rings (SSSR count). The third kappa shape index (κ3) is 5.18. The number of pyridine rings is 1. The van der Waals surface area contributed by atoms with E-state index in [9.17, 15) is 4.79 Å². The van der Waals surface area contributed by atoms with Crippen LogP contribution in [-0.2, 0) is 20.7 Å². The van der Waals surface area contributed by atoms with Gasteiger partial charge in [-0.05, 0) is 37.8 Å². The lowest BCUT2D eigenvalue weighted by Gasteiger charge is -2.32. The average molecular weight is 334 g/mol. The molecule has 0 spiro atoms. The molecular weight excluding hydrogens is 308 g/mol. The zero-order valence-electron chi connectivity index (χ0n) is 14.3. The van der Waals surface area contributed by atoms with Crippen LogP contribution in [0.1, 0.15) is 25.5 Å². The highest BCUT2D eigenvalue weighted by molar-refractivity contribution is 5.78. The molecule has 0 bridgehead atoms. The smallest absolute Gasteiger partial charge is 0.228 e. The van der Waals surface area contributed by atoms with E-state index in [4.69, 9.17) is 14.2 Å². The quantitative estimate of drug-likeness (QED) is 0.724. The summed E-state index contributed by atoms with van der Waals surface area (Å²) >= 11 is 0. The number of nitrogens with zero attached hydrogens (tertiary/aromatic N) is 2. The van der Waals surface area contributed by atoms with Gasteiger partial charge in [0.05, 0.1) is 38.5 Å². The van der Waals surface area contributed by atoms with E-state index >= 15 is 0 Å². The lowest BCUT2D eigenvalue weighted by molar-refractivity contribution is -0.140. The first-order valence-electron chi connectivity index (χ1n) is 8.79. The summed E-state index contributed by atoms with van der Waals surface area (Å²) in [5, 5.41) is 0. The molecule has 1 aromatic heterocycles. The molecule has 6 nitrogen and oxygen atoms in total. The second-order valence-electron chi connectivity index (χ2n) is 6.41. The maximum absolute atomic E-state index is 12.5. The van der Waals surface area contributed by atoms with Crippen LogP contribution in [0, 0.1) is 5.92 Å². The molecule has 1 saturated carbocycles. The summed E-state index contributed by atoms with van der Waals surface area (Å²) in [7, 11) is 0. The molecule has 0 aromatic carbocycles. The molecule has 2 heterocycles. The summed E-state index contributed by atoms with van der Waals surface area (Å²) < 4.78 is 16.8. The Hall–Kier alpha value is -1.66. The number of carbonyl (C=O) groups is 1. The molecule has 1 unspecified atom stereocenters. The standard InChI is InChI=1S/C18H26N2O4/c1-2-23-16-6-5-15(19-10-16)9-18(21)20-7-8-24-17(11-20)13-22-12-14-3-4-14/h5-6,10,14,17H,2-4,7-9,11-13H2,1H3. The lowest BCUT2D eigenvalue weighted by atomic mass is 10.2. The topological polar surface area (TPSA) is 60.9 Å². The van der Waals surface area contributed by atoms with E-state index in [2.05, 4.69) is 4.98 Å². The summed E-state index contributed by atoms with van der Waals surface area (Å²) in [5.41, 5.74) is 0.761. The van der Waals surface area contributed by atoms with Crippen molar-refractivity contribution in [3.8, 4) is 5.75 Å². The Bertz CT molecular complexity index is 530. The fraction of sp³-hybridized carbons (Fsp3) is 0.667. The van der Waals surface area contributed by atoms with E-state index in [0.29, 0.717) is 39.3 Å². The van der Waals surface area contributed by atoms with Gasteiger partial charge < -0.3 is 19.1 Å². The van der Waals surface area contributed by atoms with Crippen molar-refractivity contribution in [2.24, 2.45) is 5.92 Å². The van der Waals surface area contributed by atoms with Crippen molar-refractivity contribution in [1.82, 2.24) is 9.88 Å². The number of carbonyl (C=O) groups excluding carboxylic acids is 1. The van der Waals surface area contributed by atoms with Crippen molar-refractivity contribution in [2.75, 3.05) is 39.5 Å². The van der Waals surface area contributed by atoms with Gasteiger partial charge in [-0.1, -0.05) is 0 Å². The zero-order chi connectivity index (χ0) is 16.8. The van der Waals surface area contributed by atoms with Crippen LogP contribution >= 0.6 is 0 Å². The number of rotatable bonds is 8. The predicted molar refractivity (Wildman–Crippen MR) is 89.0 cm³/mol. The van der Waals surface area contributed by atoms with Crippen LogP contribution in [-0.4, -0.2) is 61.4 Å². The Balaban J connectivity index is 1.44. The number of hydrogen-bond acceptors (Lipinski definition) is 5. The van der Waals surface area contributed by atoms with Crippen molar-refractivity contribution >= 4 is 5.91 Å². The summed E-state index contributed by atoms with van der Waals surface area (Å²) in [6.07, 6.45) is 4.52. The normalized spacial score (nSPS) is 20.9. The van der Waals surface area contributed by atoms with Gasteiger partial charge in [0.25, 0.3) is 0 Å². The molecule has 2 fully saturated rings. The first kappa shape index (κ1) is 17.2. The van der Waals surface area contributed by atoms with Gasteiger partial charge in [-0.25, -0.2) is 0 Å². The third-order valence-electron chi connectivity index (χ3n) is 4.29. The van der Waals surface area contributed by atoms with Crippen LogP contribution in [0.2, 0.25) is 0 Å². The maximum atomic E-state index is 12.5. The predicted octanol–water partition coefficient (Wildman–Crippen LogP) is 1.68. The highest BCUT2D eigenvalue weighted by atomic mass is 16.5. The van der Waals surface area contributed by atoms with Crippen LogP contribution in [0.3, 0.4) is 0 Å². The summed E-state index contributed by atoms with van der Waals surface area (Å²) in [5.74, 6) is 1.56. The van der Waals surface area contributed by atoms with E-state index in [0.717, 1.165) is 24.0 Å². The molecule has 0 N–H and O–H groups in total. The number of morpholine rings is 1. The highest BCUT2D eigenvalue weighted by Gasteiger charge is 2.26. The molecule has 1 saturated heterocycles. The first-order chi connectivity index (χ1) is 11.7. The largest absolute Gasteiger partial charge is 0.492 e. The van der Waals surface area contributed by atoms with Gasteiger partial charge in [0, 0.05) is 25.4 Å². The van der Waals surface area contributed by atoms with Crippen LogP contribution in [0.15, 0.2) is 18.3 Å². The van der Waals surface area contributed by atoms with Crippen LogP contribution in [0.25, 0.3) is 0 Å². The second-order valence-corrected chi connectivity index (χ2v) is 6.41. The minimum absolute atomic E-state index is 0.0188. The molecule has 1 aliphatic heterocycles. The van der Waals surface area contributed by atoms with Gasteiger partial charge >= 0.3 is 0 Å². The van der Waals surface area contributed by atoms with Gasteiger partial charge in [0.15, 0.2) is 0 Å². The Labute approximate surface area is 143 Å². The minimum atomic E-state index is -0.0188. The fourth-order valence-corrected chi connectivity index (χ4v) is 2.73. The fourth-order valence-electron chi connectivity index (χ4n) is 2.73. The lowest BCUT2D eigenvalue weighted by Crippen LogP contribution is -2.47. The Morgan fingerprint density at radius 1 is 1.38 bits per heavy atom. The van der Waals surface area contributed by atoms with E-state index in [1.165, 1.54) is 12.8 Å².